The lowest BCUT2D eigenvalue weighted by Gasteiger charge is -2.31. The standard InChI is InChI=1S/C26H26ClN3O3/c1-18-8-9-24(28-16-18)29-25(31)20-10-12-30(13-11-20)26(32)21-5-3-7-23(15-21)33-17-19-4-2-6-22(27)14-19/h2-9,14-16,20H,10-13,17H2,1H3,(H,28,29,31). The van der Waals surface area contributed by atoms with E-state index in [0.717, 1.165) is 11.1 Å². The Balaban J connectivity index is 1.30. The number of aryl methyl sites for hydroxylation is 1. The van der Waals surface area contributed by atoms with E-state index in [1.165, 1.54) is 0 Å². The molecule has 2 aromatic carbocycles. The smallest absolute Gasteiger partial charge is 0.253 e. The molecule has 0 spiro atoms. The molecule has 2 heterocycles. The third-order valence-electron chi connectivity index (χ3n) is 5.69. The number of hydrogen-bond donors (Lipinski definition) is 1. The molecule has 7 heteroatoms. The summed E-state index contributed by atoms with van der Waals surface area (Å²) in [5, 5.41) is 3.53. The van der Waals surface area contributed by atoms with Crippen LogP contribution in [0.4, 0.5) is 5.82 Å². The topological polar surface area (TPSA) is 71.5 Å². The molecule has 0 saturated carbocycles. The van der Waals surface area contributed by atoms with Crippen LogP contribution in [-0.4, -0.2) is 34.8 Å². The summed E-state index contributed by atoms with van der Waals surface area (Å²) in [6.45, 7) is 3.39. The summed E-state index contributed by atoms with van der Waals surface area (Å²) in [4.78, 5) is 31.6. The summed E-state index contributed by atoms with van der Waals surface area (Å²) >= 11 is 6.02. The van der Waals surface area contributed by atoms with Crippen LogP contribution >= 0.6 is 11.6 Å². The summed E-state index contributed by atoms with van der Waals surface area (Å²) in [6.07, 6.45) is 2.96. The van der Waals surface area contributed by atoms with Gasteiger partial charge in [0.15, 0.2) is 0 Å². The van der Waals surface area contributed by atoms with E-state index in [0.29, 0.717) is 54.7 Å². The number of pyridine rings is 1. The molecule has 1 fully saturated rings. The van der Waals surface area contributed by atoms with Gasteiger partial charge in [0.05, 0.1) is 0 Å². The lowest BCUT2D eigenvalue weighted by molar-refractivity contribution is -0.121. The highest BCUT2D eigenvalue weighted by Gasteiger charge is 2.28. The normalized spacial score (nSPS) is 14.1. The summed E-state index contributed by atoms with van der Waals surface area (Å²) in [6, 6.07) is 18.4. The molecule has 0 unspecified atom stereocenters. The lowest BCUT2D eigenvalue weighted by Crippen LogP contribution is -2.41. The number of hydrogen-bond acceptors (Lipinski definition) is 4. The third-order valence-corrected chi connectivity index (χ3v) is 5.93. The molecule has 6 nitrogen and oxygen atoms in total. The number of carbonyl (C=O) groups is 2. The highest BCUT2D eigenvalue weighted by Crippen LogP contribution is 2.23. The van der Waals surface area contributed by atoms with E-state index in [-0.39, 0.29) is 17.7 Å². The molecule has 4 rings (SSSR count). The van der Waals surface area contributed by atoms with Crippen molar-refractivity contribution in [3.05, 3.63) is 88.6 Å². The second kappa shape index (κ2) is 10.5. The number of rotatable bonds is 6. The molecule has 1 aliphatic heterocycles. The number of likely N-dealkylation sites (tertiary alicyclic amines) is 1. The van der Waals surface area contributed by atoms with E-state index in [2.05, 4.69) is 10.3 Å². The summed E-state index contributed by atoms with van der Waals surface area (Å²) in [5.74, 6) is 0.945. The molecule has 3 aromatic rings. The largest absolute Gasteiger partial charge is 0.489 e. The maximum atomic E-state index is 13.0. The van der Waals surface area contributed by atoms with Crippen molar-refractivity contribution in [1.29, 1.82) is 0 Å². The molecule has 0 bridgehead atoms. The summed E-state index contributed by atoms with van der Waals surface area (Å²) in [7, 11) is 0. The molecule has 170 valence electrons. The van der Waals surface area contributed by atoms with Gasteiger partial charge in [0, 0.05) is 35.8 Å². The molecule has 1 saturated heterocycles. The van der Waals surface area contributed by atoms with Gasteiger partial charge in [0.25, 0.3) is 5.91 Å². The predicted molar refractivity (Wildman–Crippen MR) is 128 cm³/mol. The van der Waals surface area contributed by atoms with E-state index in [9.17, 15) is 9.59 Å². The zero-order valence-electron chi connectivity index (χ0n) is 18.5. The average molecular weight is 464 g/mol. The molecule has 0 aliphatic carbocycles. The van der Waals surface area contributed by atoms with Crippen molar-refractivity contribution < 1.29 is 14.3 Å². The molecule has 0 atom stereocenters. The summed E-state index contributed by atoms with van der Waals surface area (Å²) in [5.41, 5.74) is 2.57. The van der Waals surface area contributed by atoms with Crippen molar-refractivity contribution in [2.24, 2.45) is 5.92 Å². The van der Waals surface area contributed by atoms with Crippen LogP contribution < -0.4 is 10.1 Å². The minimum atomic E-state index is -0.135. The van der Waals surface area contributed by atoms with Gasteiger partial charge in [0.2, 0.25) is 5.91 Å². The van der Waals surface area contributed by atoms with E-state index in [1.807, 2.05) is 49.4 Å². The first-order valence-electron chi connectivity index (χ1n) is 11.0. The van der Waals surface area contributed by atoms with Gasteiger partial charge in [-0.1, -0.05) is 35.9 Å². The number of halogens is 1. The maximum absolute atomic E-state index is 13.0. The average Bonchev–Trinajstić information content (AvgIpc) is 2.84. The fraction of sp³-hybridized carbons (Fsp3) is 0.269. The van der Waals surface area contributed by atoms with Crippen molar-refractivity contribution in [3.8, 4) is 5.75 Å². The Morgan fingerprint density at radius 1 is 1.09 bits per heavy atom. The number of benzene rings is 2. The van der Waals surface area contributed by atoms with E-state index in [4.69, 9.17) is 16.3 Å². The number of piperidine rings is 1. The van der Waals surface area contributed by atoms with E-state index < -0.39 is 0 Å². The molecule has 0 radical (unpaired) electrons. The number of anilines is 1. The van der Waals surface area contributed by atoms with Crippen LogP contribution in [0, 0.1) is 12.8 Å². The van der Waals surface area contributed by atoms with Gasteiger partial charge >= 0.3 is 0 Å². The Bertz CT molecular complexity index is 1130. The summed E-state index contributed by atoms with van der Waals surface area (Å²) < 4.78 is 5.85. The lowest BCUT2D eigenvalue weighted by atomic mass is 9.95. The third kappa shape index (κ3) is 6.11. The number of nitrogens with one attached hydrogen (secondary N) is 1. The number of nitrogens with zero attached hydrogens (tertiary/aromatic N) is 2. The molecule has 2 amide bonds. The fourth-order valence-corrected chi connectivity index (χ4v) is 4.02. The number of amides is 2. The van der Waals surface area contributed by atoms with Crippen LogP contribution in [0.1, 0.15) is 34.3 Å². The Morgan fingerprint density at radius 3 is 2.61 bits per heavy atom. The van der Waals surface area contributed by atoms with Crippen LogP contribution in [-0.2, 0) is 11.4 Å². The predicted octanol–water partition coefficient (Wildman–Crippen LogP) is 5.11. The van der Waals surface area contributed by atoms with Gasteiger partial charge in [-0.05, 0) is 67.3 Å². The van der Waals surface area contributed by atoms with Gasteiger partial charge in [0.1, 0.15) is 18.2 Å². The van der Waals surface area contributed by atoms with Crippen LogP contribution in [0.3, 0.4) is 0 Å². The number of aromatic nitrogens is 1. The van der Waals surface area contributed by atoms with Crippen molar-refractivity contribution in [2.45, 2.75) is 26.4 Å². The Morgan fingerprint density at radius 2 is 1.88 bits per heavy atom. The molecule has 33 heavy (non-hydrogen) atoms. The van der Waals surface area contributed by atoms with Crippen LogP contribution in [0.25, 0.3) is 0 Å². The van der Waals surface area contributed by atoms with Gasteiger partial charge < -0.3 is 15.0 Å². The van der Waals surface area contributed by atoms with Crippen molar-refractivity contribution in [2.75, 3.05) is 18.4 Å². The second-order valence-electron chi connectivity index (χ2n) is 8.22. The first-order chi connectivity index (χ1) is 16.0. The highest BCUT2D eigenvalue weighted by atomic mass is 35.5. The molecule has 1 aromatic heterocycles. The molecule has 1 N–H and O–H groups in total. The fourth-order valence-electron chi connectivity index (χ4n) is 3.81. The first-order valence-corrected chi connectivity index (χ1v) is 11.4. The van der Waals surface area contributed by atoms with Crippen LogP contribution in [0.2, 0.25) is 5.02 Å². The van der Waals surface area contributed by atoms with Gasteiger partial charge in [-0.15, -0.1) is 0 Å². The Kier molecular flexibility index (Phi) is 7.25. The van der Waals surface area contributed by atoms with Crippen molar-refractivity contribution in [1.82, 2.24) is 9.88 Å². The zero-order chi connectivity index (χ0) is 23.2. The van der Waals surface area contributed by atoms with Gasteiger partial charge in [-0.3, -0.25) is 9.59 Å². The quantitative estimate of drug-likeness (QED) is 0.551. The minimum Gasteiger partial charge on any atom is -0.489 e. The van der Waals surface area contributed by atoms with Crippen LogP contribution in [0.15, 0.2) is 66.9 Å². The molecular weight excluding hydrogens is 438 g/mol. The van der Waals surface area contributed by atoms with Crippen LogP contribution in [0.5, 0.6) is 5.75 Å². The second-order valence-corrected chi connectivity index (χ2v) is 8.66. The van der Waals surface area contributed by atoms with E-state index in [1.54, 1.807) is 29.3 Å². The zero-order valence-corrected chi connectivity index (χ0v) is 19.2. The molecular formula is C26H26ClN3O3. The highest BCUT2D eigenvalue weighted by molar-refractivity contribution is 6.30. The molecule has 1 aliphatic rings. The minimum absolute atomic E-state index is 0.0464. The SMILES string of the molecule is Cc1ccc(NC(=O)C2CCN(C(=O)c3cccc(OCc4cccc(Cl)c4)c3)CC2)nc1. The van der Waals surface area contributed by atoms with E-state index >= 15 is 0 Å². The first kappa shape index (κ1) is 22.8. The van der Waals surface area contributed by atoms with Crippen molar-refractivity contribution >= 4 is 29.2 Å². The number of ether oxygens (including phenoxy) is 1. The monoisotopic (exact) mass is 463 g/mol. The maximum Gasteiger partial charge on any atom is 0.253 e. The van der Waals surface area contributed by atoms with Gasteiger partial charge in [-0.25, -0.2) is 4.98 Å². The number of carbonyl (C=O) groups excluding carboxylic acids is 2. The van der Waals surface area contributed by atoms with Crippen molar-refractivity contribution in [3.63, 3.8) is 0 Å². The Labute approximate surface area is 198 Å². The Hall–Kier alpha value is -3.38. The van der Waals surface area contributed by atoms with Gasteiger partial charge in [-0.2, -0.15) is 0 Å².